The molecule has 0 aliphatic heterocycles. The molecule has 0 aromatic heterocycles. The van der Waals surface area contributed by atoms with Crippen molar-refractivity contribution < 1.29 is 45.8 Å². The Hall–Kier alpha value is -4.71. The molecule has 0 unspecified atom stereocenters. The molecule has 0 amide bonds. The zero-order valence-electron chi connectivity index (χ0n) is 19.7. The first-order valence-electron chi connectivity index (χ1n) is 10.9. The number of carbonyl (C=O) groups is 2. The van der Waals surface area contributed by atoms with Crippen LogP contribution in [0, 0.1) is 11.6 Å². The number of carboxylic acids is 1. The molecule has 4 rings (SSSR count). The highest BCUT2D eigenvalue weighted by Crippen LogP contribution is 2.28. The molecule has 0 fully saturated rings. The molecule has 12 heteroatoms. The third-order valence-electron chi connectivity index (χ3n) is 5.12. The van der Waals surface area contributed by atoms with E-state index in [1.54, 1.807) is 35.1 Å². The van der Waals surface area contributed by atoms with Gasteiger partial charge in [0.15, 0.2) is 5.78 Å². The van der Waals surface area contributed by atoms with E-state index in [4.69, 9.17) is 5.11 Å². The molecule has 0 bridgehead atoms. The first-order chi connectivity index (χ1) is 18.4. The summed E-state index contributed by atoms with van der Waals surface area (Å²) in [5, 5.41) is 18.2. The molecule has 0 saturated heterocycles. The molecular weight excluding hydrogens is 542 g/mol. The van der Waals surface area contributed by atoms with Gasteiger partial charge in [-0.25, -0.2) is 22.0 Å². The quantitative estimate of drug-likeness (QED) is 0.190. The van der Waals surface area contributed by atoms with Crippen LogP contribution in [0.2, 0.25) is 0 Å². The Morgan fingerprint density at radius 2 is 1.46 bits per heavy atom. The third-order valence-corrected chi connectivity index (χ3v) is 6.11. The van der Waals surface area contributed by atoms with Gasteiger partial charge in [-0.05, 0) is 42.0 Å². The minimum Gasteiger partial charge on any atom is -0.507 e. The van der Waals surface area contributed by atoms with E-state index >= 15 is 0 Å². The summed E-state index contributed by atoms with van der Waals surface area (Å²) in [4.78, 5) is 23.0. The first-order valence-corrected chi connectivity index (χ1v) is 12.4. The molecule has 39 heavy (non-hydrogen) atoms. The normalized spacial score (nSPS) is 10.9. The first kappa shape index (κ1) is 28.9. The number of aromatic hydroxyl groups is 1. The van der Waals surface area contributed by atoms with E-state index in [1.165, 1.54) is 36.4 Å². The van der Waals surface area contributed by atoms with Gasteiger partial charge >= 0.3 is 11.7 Å². The third kappa shape index (κ3) is 7.42. The van der Waals surface area contributed by atoms with Crippen LogP contribution in [0.25, 0.3) is 11.1 Å². The molecule has 0 aliphatic carbocycles. The maximum Gasteiger partial charge on any atom is 0.355 e. The smallest absolute Gasteiger partial charge is 0.355 e. The van der Waals surface area contributed by atoms with Crippen molar-refractivity contribution in [2.24, 2.45) is 0 Å². The number of nitrogens with one attached hydrogen (secondary N) is 1. The van der Waals surface area contributed by atoms with Crippen molar-refractivity contribution >= 4 is 27.5 Å². The van der Waals surface area contributed by atoms with Gasteiger partial charge in [-0.1, -0.05) is 48.5 Å². The van der Waals surface area contributed by atoms with Gasteiger partial charge in [-0.15, -0.1) is 0 Å². The van der Waals surface area contributed by atoms with Crippen molar-refractivity contribution in [1.82, 2.24) is 0 Å². The summed E-state index contributed by atoms with van der Waals surface area (Å²) in [7, 11) is -4.75. The maximum absolute atomic E-state index is 13.5. The Balaban J connectivity index is 0.000000218. The van der Waals surface area contributed by atoms with E-state index in [1.807, 2.05) is 0 Å². The number of carboxylic acid groups (broad SMARTS) is 1. The summed E-state index contributed by atoms with van der Waals surface area (Å²) >= 11 is 0. The summed E-state index contributed by atoms with van der Waals surface area (Å²) in [6.45, 7) is 0. The second kappa shape index (κ2) is 12.2. The van der Waals surface area contributed by atoms with Gasteiger partial charge in [0.2, 0.25) is 0 Å². The average Bonchev–Trinajstić information content (AvgIpc) is 2.89. The second-order valence-electron chi connectivity index (χ2n) is 7.84. The standard InChI is InChI=1S/C14H11F2NO3S.C13H8F2O3/c15-14(16)21(19,20)17-12-8-4-7-11(9-12)13(18)10-5-2-1-3-6-10;14-8-2-3-9(11(15)6-8)7-1-4-12(16)10(5-7)13(17)18/h1-9,14,17H;1-6,16H,(H,17,18). The Morgan fingerprint density at radius 1 is 0.795 bits per heavy atom. The molecule has 7 nitrogen and oxygen atoms in total. The Labute approximate surface area is 220 Å². The fraction of sp³-hybridized carbons (Fsp3) is 0.0370. The molecule has 202 valence electrons. The number of halogens is 4. The van der Waals surface area contributed by atoms with Crippen LogP contribution in [0.15, 0.2) is 91.0 Å². The summed E-state index contributed by atoms with van der Waals surface area (Å²) in [5.41, 5.74) is 0.525. The Bertz CT molecular complexity index is 1610. The molecule has 0 radical (unpaired) electrons. The van der Waals surface area contributed by atoms with Crippen molar-refractivity contribution in [3.63, 3.8) is 0 Å². The molecule has 0 atom stereocenters. The largest absolute Gasteiger partial charge is 0.507 e. The summed E-state index contributed by atoms with van der Waals surface area (Å²) in [6.07, 6.45) is 0. The number of aromatic carboxylic acids is 1. The number of anilines is 1. The molecule has 4 aromatic carbocycles. The van der Waals surface area contributed by atoms with E-state index in [-0.39, 0.29) is 33.7 Å². The lowest BCUT2D eigenvalue weighted by Crippen LogP contribution is -2.20. The number of rotatable bonds is 7. The van der Waals surface area contributed by atoms with E-state index in [9.17, 15) is 40.7 Å². The predicted molar refractivity (Wildman–Crippen MR) is 135 cm³/mol. The molecule has 0 heterocycles. The highest BCUT2D eigenvalue weighted by Gasteiger charge is 2.24. The van der Waals surface area contributed by atoms with E-state index < -0.39 is 39.1 Å². The van der Waals surface area contributed by atoms with Gasteiger partial charge in [0.25, 0.3) is 10.0 Å². The zero-order chi connectivity index (χ0) is 28.7. The van der Waals surface area contributed by atoms with Gasteiger partial charge in [0.1, 0.15) is 22.9 Å². The number of sulfonamides is 1. The van der Waals surface area contributed by atoms with Crippen LogP contribution in [-0.2, 0) is 10.0 Å². The lowest BCUT2D eigenvalue weighted by atomic mass is 10.0. The Morgan fingerprint density at radius 3 is 2.08 bits per heavy atom. The van der Waals surface area contributed by atoms with Crippen LogP contribution in [0.1, 0.15) is 26.3 Å². The number of hydrogen-bond donors (Lipinski definition) is 3. The number of phenols is 1. The fourth-order valence-electron chi connectivity index (χ4n) is 3.29. The van der Waals surface area contributed by atoms with Crippen LogP contribution < -0.4 is 4.72 Å². The minimum atomic E-state index is -4.75. The van der Waals surface area contributed by atoms with Crippen molar-refractivity contribution in [2.75, 3.05) is 4.72 Å². The summed E-state index contributed by atoms with van der Waals surface area (Å²) < 4.78 is 74.8. The summed E-state index contributed by atoms with van der Waals surface area (Å²) in [6, 6.07) is 20.4. The molecule has 0 spiro atoms. The maximum atomic E-state index is 13.5. The van der Waals surface area contributed by atoms with Gasteiger partial charge in [0, 0.05) is 28.4 Å². The van der Waals surface area contributed by atoms with Crippen LogP contribution in [0.5, 0.6) is 5.75 Å². The average molecular weight is 562 g/mol. The minimum absolute atomic E-state index is 0.0684. The van der Waals surface area contributed by atoms with E-state index in [0.29, 0.717) is 11.6 Å². The SMILES string of the molecule is O=C(O)c1cc(-c2ccc(F)cc2F)ccc1O.O=C(c1ccccc1)c1cccc(NS(=O)(=O)C(F)F)c1. The van der Waals surface area contributed by atoms with Crippen LogP contribution in [-0.4, -0.2) is 36.1 Å². The molecular formula is C27H19F4NO6S. The summed E-state index contributed by atoms with van der Waals surface area (Å²) in [5.74, 6) is -7.10. The van der Waals surface area contributed by atoms with Gasteiger partial charge in [0.05, 0.1) is 0 Å². The topological polar surface area (TPSA) is 121 Å². The number of hydrogen-bond acceptors (Lipinski definition) is 5. The monoisotopic (exact) mass is 561 g/mol. The zero-order valence-corrected chi connectivity index (χ0v) is 20.5. The number of benzene rings is 4. The molecule has 0 aliphatic rings. The van der Waals surface area contributed by atoms with Crippen LogP contribution in [0.4, 0.5) is 23.2 Å². The van der Waals surface area contributed by atoms with Gasteiger partial charge < -0.3 is 10.2 Å². The Kier molecular flexibility index (Phi) is 9.04. The van der Waals surface area contributed by atoms with E-state index in [0.717, 1.165) is 18.2 Å². The van der Waals surface area contributed by atoms with Crippen molar-refractivity contribution in [2.45, 2.75) is 5.76 Å². The highest BCUT2D eigenvalue weighted by molar-refractivity contribution is 7.93. The van der Waals surface area contributed by atoms with Crippen LogP contribution in [0.3, 0.4) is 0 Å². The van der Waals surface area contributed by atoms with Crippen molar-refractivity contribution in [1.29, 1.82) is 0 Å². The fourth-order valence-corrected chi connectivity index (χ4v) is 3.83. The van der Waals surface area contributed by atoms with Gasteiger partial charge in [-0.2, -0.15) is 8.78 Å². The second-order valence-corrected chi connectivity index (χ2v) is 9.50. The molecule has 3 N–H and O–H groups in total. The number of ketones is 1. The number of carbonyl (C=O) groups excluding carboxylic acids is 1. The number of alkyl halides is 2. The lowest BCUT2D eigenvalue weighted by Gasteiger charge is -2.08. The lowest BCUT2D eigenvalue weighted by molar-refractivity contribution is 0.0693. The van der Waals surface area contributed by atoms with E-state index in [2.05, 4.69) is 0 Å². The van der Waals surface area contributed by atoms with Crippen molar-refractivity contribution in [3.8, 4) is 16.9 Å². The van der Waals surface area contributed by atoms with Crippen LogP contribution >= 0.6 is 0 Å². The molecule has 4 aromatic rings. The van der Waals surface area contributed by atoms with Gasteiger partial charge in [-0.3, -0.25) is 9.52 Å². The molecule has 0 saturated carbocycles. The predicted octanol–water partition coefficient (Wildman–Crippen LogP) is 5.92. The van der Waals surface area contributed by atoms with Crippen molar-refractivity contribution in [3.05, 3.63) is 119 Å². The highest BCUT2D eigenvalue weighted by atomic mass is 32.2.